The second-order valence-corrected chi connectivity index (χ2v) is 6.50. The molecule has 0 aromatic heterocycles. The summed E-state index contributed by atoms with van der Waals surface area (Å²) >= 11 is 0. The summed E-state index contributed by atoms with van der Waals surface area (Å²) in [5, 5.41) is 0. The van der Waals surface area contributed by atoms with Crippen molar-refractivity contribution < 1.29 is 19.1 Å². The Bertz CT molecular complexity index is 645. The summed E-state index contributed by atoms with van der Waals surface area (Å²) in [6, 6.07) is 3.88. The molecule has 1 aromatic rings. The molecule has 2 aliphatic rings. The van der Waals surface area contributed by atoms with Gasteiger partial charge in [-0.15, -0.1) is 0 Å². The fraction of sp³-hybridized carbons (Fsp3) is 0.556. The smallest absolute Gasteiger partial charge is 0.409 e. The molecule has 1 saturated heterocycles. The maximum absolute atomic E-state index is 12.6. The standard InChI is InChI=1S/C18H23NO4/c1-4-22-17(21)19-7-5-18(6-8-19)11-15(20)14-9-12(2)13(3)10-16(14)23-18/h9-10H,4-8,11H2,1-3H3. The number of ether oxygens (including phenoxy) is 2. The Labute approximate surface area is 136 Å². The lowest BCUT2D eigenvalue weighted by Crippen LogP contribution is -2.52. The fourth-order valence-electron chi connectivity index (χ4n) is 3.34. The van der Waals surface area contributed by atoms with Gasteiger partial charge >= 0.3 is 6.09 Å². The number of hydrogen-bond acceptors (Lipinski definition) is 4. The first-order valence-electron chi connectivity index (χ1n) is 8.19. The molecule has 1 fully saturated rings. The van der Waals surface area contributed by atoms with Crippen molar-refractivity contribution >= 4 is 11.9 Å². The molecule has 1 spiro atoms. The molecule has 2 heterocycles. The third-order valence-electron chi connectivity index (χ3n) is 4.91. The maximum Gasteiger partial charge on any atom is 0.409 e. The Kier molecular flexibility index (Phi) is 4.04. The van der Waals surface area contributed by atoms with Crippen LogP contribution < -0.4 is 4.74 Å². The first-order chi connectivity index (χ1) is 10.9. The Hall–Kier alpha value is -2.04. The lowest BCUT2D eigenvalue weighted by atomic mass is 9.82. The second kappa shape index (κ2) is 5.87. The summed E-state index contributed by atoms with van der Waals surface area (Å²) in [4.78, 5) is 26.1. The molecule has 0 radical (unpaired) electrons. The van der Waals surface area contributed by atoms with E-state index in [-0.39, 0.29) is 11.9 Å². The van der Waals surface area contributed by atoms with Gasteiger partial charge in [-0.1, -0.05) is 0 Å². The van der Waals surface area contributed by atoms with Gasteiger partial charge < -0.3 is 14.4 Å². The highest BCUT2D eigenvalue weighted by molar-refractivity contribution is 6.00. The molecular weight excluding hydrogens is 294 g/mol. The number of aryl methyl sites for hydroxylation is 2. The number of amides is 1. The molecule has 0 saturated carbocycles. The summed E-state index contributed by atoms with van der Waals surface area (Å²) in [7, 11) is 0. The van der Waals surface area contributed by atoms with Crippen LogP contribution in [0.15, 0.2) is 12.1 Å². The molecule has 0 aliphatic carbocycles. The van der Waals surface area contributed by atoms with E-state index in [9.17, 15) is 9.59 Å². The number of carbonyl (C=O) groups is 2. The number of piperidine rings is 1. The van der Waals surface area contributed by atoms with Gasteiger partial charge in [0, 0.05) is 25.9 Å². The molecule has 5 nitrogen and oxygen atoms in total. The van der Waals surface area contributed by atoms with Crippen molar-refractivity contribution in [3.05, 3.63) is 28.8 Å². The number of benzene rings is 1. The number of carbonyl (C=O) groups excluding carboxylic acids is 2. The average molecular weight is 317 g/mol. The molecule has 0 unspecified atom stereocenters. The van der Waals surface area contributed by atoms with Crippen molar-refractivity contribution in [2.75, 3.05) is 19.7 Å². The molecule has 2 aliphatic heterocycles. The number of fused-ring (bicyclic) bond motifs is 1. The molecule has 23 heavy (non-hydrogen) atoms. The summed E-state index contributed by atoms with van der Waals surface area (Å²) in [5.41, 5.74) is 2.44. The zero-order chi connectivity index (χ0) is 16.6. The van der Waals surface area contributed by atoms with Crippen LogP contribution >= 0.6 is 0 Å². The molecule has 5 heteroatoms. The van der Waals surface area contributed by atoms with Gasteiger partial charge in [-0.3, -0.25) is 4.79 Å². The summed E-state index contributed by atoms with van der Waals surface area (Å²) < 4.78 is 11.3. The fourth-order valence-corrected chi connectivity index (χ4v) is 3.34. The third kappa shape index (κ3) is 2.92. The van der Waals surface area contributed by atoms with Crippen LogP contribution in [-0.2, 0) is 4.74 Å². The van der Waals surface area contributed by atoms with Crippen LogP contribution in [0.5, 0.6) is 5.75 Å². The number of ketones is 1. The lowest BCUT2D eigenvalue weighted by molar-refractivity contribution is -0.00863. The van der Waals surface area contributed by atoms with E-state index in [0.29, 0.717) is 50.3 Å². The lowest BCUT2D eigenvalue weighted by Gasteiger charge is -2.43. The Morgan fingerprint density at radius 2 is 1.91 bits per heavy atom. The van der Waals surface area contributed by atoms with Crippen molar-refractivity contribution in [1.82, 2.24) is 4.90 Å². The number of hydrogen-bond donors (Lipinski definition) is 0. The van der Waals surface area contributed by atoms with E-state index in [4.69, 9.17) is 9.47 Å². The SMILES string of the molecule is CCOC(=O)N1CCC2(CC1)CC(=O)c1cc(C)c(C)cc1O2. The van der Waals surface area contributed by atoms with Crippen molar-refractivity contribution in [3.8, 4) is 5.75 Å². The zero-order valence-electron chi connectivity index (χ0n) is 14.0. The molecular formula is C18H23NO4. The van der Waals surface area contributed by atoms with Crippen molar-refractivity contribution in [2.45, 2.75) is 45.6 Å². The minimum atomic E-state index is -0.477. The second-order valence-electron chi connectivity index (χ2n) is 6.50. The Morgan fingerprint density at radius 3 is 2.57 bits per heavy atom. The van der Waals surface area contributed by atoms with Gasteiger partial charge in [0.05, 0.1) is 18.6 Å². The molecule has 1 amide bonds. The van der Waals surface area contributed by atoms with E-state index in [1.165, 1.54) is 0 Å². The number of Topliss-reactive ketones (excluding diaryl/α,β-unsaturated/α-hetero) is 1. The first kappa shape index (κ1) is 15.8. The minimum Gasteiger partial charge on any atom is -0.486 e. The number of nitrogens with zero attached hydrogens (tertiary/aromatic N) is 1. The van der Waals surface area contributed by atoms with Gasteiger partial charge in [-0.05, 0) is 44.0 Å². The largest absolute Gasteiger partial charge is 0.486 e. The van der Waals surface area contributed by atoms with Crippen molar-refractivity contribution in [3.63, 3.8) is 0 Å². The van der Waals surface area contributed by atoms with Gasteiger partial charge in [0.25, 0.3) is 0 Å². The van der Waals surface area contributed by atoms with E-state index >= 15 is 0 Å². The van der Waals surface area contributed by atoms with E-state index in [1.807, 2.05) is 26.0 Å². The van der Waals surface area contributed by atoms with Crippen molar-refractivity contribution in [1.29, 1.82) is 0 Å². The molecule has 3 rings (SSSR count). The molecule has 0 bridgehead atoms. The quantitative estimate of drug-likeness (QED) is 0.798. The van der Waals surface area contributed by atoms with E-state index in [2.05, 4.69) is 0 Å². The molecule has 0 N–H and O–H groups in total. The first-order valence-corrected chi connectivity index (χ1v) is 8.19. The number of rotatable bonds is 1. The third-order valence-corrected chi connectivity index (χ3v) is 4.91. The van der Waals surface area contributed by atoms with Crippen LogP contribution in [0.2, 0.25) is 0 Å². The van der Waals surface area contributed by atoms with E-state index in [1.54, 1.807) is 11.8 Å². The van der Waals surface area contributed by atoms with Crippen LogP contribution in [-0.4, -0.2) is 42.1 Å². The zero-order valence-corrected chi connectivity index (χ0v) is 14.0. The van der Waals surface area contributed by atoms with Crippen LogP contribution in [0.3, 0.4) is 0 Å². The van der Waals surface area contributed by atoms with E-state index in [0.717, 1.165) is 11.1 Å². The molecule has 0 atom stereocenters. The van der Waals surface area contributed by atoms with Crippen LogP contribution in [0.25, 0.3) is 0 Å². The minimum absolute atomic E-state index is 0.138. The van der Waals surface area contributed by atoms with Crippen LogP contribution in [0.4, 0.5) is 4.79 Å². The monoisotopic (exact) mass is 317 g/mol. The highest BCUT2D eigenvalue weighted by Gasteiger charge is 2.44. The Balaban J connectivity index is 1.77. The van der Waals surface area contributed by atoms with Crippen LogP contribution in [0, 0.1) is 13.8 Å². The highest BCUT2D eigenvalue weighted by Crippen LogP contribution is 2.40. The summed E-state index contributed by atoms with van der Waals surface area (Å²) in [6.07, 6.45) is 1.42. The van der Waals surface area contributed by atoms with E-state index < -0.39 is 5.60 Å². The summed E-state index contributed by atoms with van der Waals surface area (Å²) in [5.74, 6) is 0.827. The normalized spacial score (nSPS) is 19.3. The summed E-state index contributed by atoms with van der Waals surface area (Å²) in [6.45, 7) is 7.33. The van der Waals surface area contributed by atoms with Gasteiger partial charge in [-0.25, -0.2) is 4.79 Å². The van der Waals surface area contributed by atoms with Gasteiger partial charge in [-0.2, -0.15) is 0 Å². The van der Waals surface area contributed by atoms with Crippen LogP contribution in [0.1, 0.15) is 47.7 Å². The topological polar surface area (TPSA) is 55.8 Å². The number of likely N-dealkylation sites (tertiary alicyclic amines) is 1. The van der Waals surface area contributed by atoms with Gasteiger partial charge in [0.1, 0.15) is 11.4 Å². The highest BCUT2D eigenvalue weighted by atomic mass is 16.6. The van der Waals surface area contributed by atoms with Gasteiger partial charge in [0.15, 0.2) is 5.78 Å². The van der Waals surface area contributed by atoms with Gasteiger partial charge in [0.2, 0.25) is 0 Å². The molecule has 1 aromatic carbocycles. The van der Waals surface area contributed by atoms with Crippen molar-refractivity contribution in [2.24, 2.45) is 0 Å². The molecule has 124 valence electrons. The Morgan fingerprint density at radius 1 is 1.26 bits per heavy atom. The predicted molar refractivity (Wildman–Crippen MR) is 86.1 cm³/mol. The predicted octanol–water partition coefficient (Wildman–Crippen LogP) is 3.26. The average Bonchev–Trinajstić information content (AvgIpc) is 2.50. The maximum atomic E-state index is 12.6.